The third-order valence-electron chi connectivity index (χ3n) is 14.9. The third kappa shape index (κ3) is 20.5. The number of amides is 18. The monoisotopic (exact) mass is 1320 g/mol. The molecule has 6 heterocycles. The summed E-state index contributed by atoms with van der Waals surface area (Å²) < 4.78 is 0. The van der Waals surface area contributed by atoms with Crippen LogP contribution in [0.3, 0.4) is 0 Å². The summed E-state index contributed by atoms with van der Waals surface area (Å²) in [7, 11) is 4.36. The fraction of sp³-hybridized carbons (Fsp3) is 0.189. The van der Waals surface area contributed by atoms with Gasteiger partial charge in [-0.25, -0.2) is 28.8 Å². The minimum absolute atomic E-state index is 0.100. The number of hydrogen-bond acceptors (Lipinski definition) is 12. The third-order valence-corrected chi connectivity index (χ3v) is 14.9. The van der Waals surface area contributed by atoms with Gasteiger partial charge in [-0.05, 0) is 118 Å². The number of imide groups is 6. The first-order valence-corrected chi connectivity index (χ1v) is 30.6. The molecule has 6 saturated heterocycles. The first-order chi connectivity index (χ1) is 46.2. The quantitative estimate of drug-likeness (QED) is 0.0556. The molecular formula is C74H76N12O12. The first-order valence-electron chi connectivity index (χ1n) is 30.6. The highest BCUT2D eigenvalue weighted by atomic mass is 16.2. The van der Waals surface area contributed by atoms with Gasteiger partial charge in [0.15, 0.2) is 0 Å². The van der Waals surface area contributed by atoms with Gasteiger partial charge in [-0.1, -0.05) is 204 Å². The summed E-state index contributed by atoms with van der Waals surface area (Å²) in [5.74, 6) is -2.07. The molecule has 0 bridgehead atoms. The standard InChI is InChI=1S/C15H18N2O2.C14H16N2O2.C12H12N2O2.3C11H10N2O2/c1-15(2,3)11-7-5-10(6-8-11)9-12-13(18)17(4)14(19)16-12;1-14(2,3)10-6-4-9(5-7-10)8-11-12(17)16-13(18)15-11;1-8-3-5-9(6-4-8)7-10-11(15)14(2)12(16)13-10;1-7-3-2-4-8(5-7)6-9-10(14)13-11(15)12-9;1-7-4-2-3-5-8(7)6-9-10(14)13-11(15)12-9;1-13-10(14)9(12-11(13)15)7-8-5-3-2-4-6-8/h5-9H,1-4H3,(H,16,19);4-8H,1-3H3,(H2,15,16,17,18);3-7H,1-2H3,(H,13,16);2*2-6H,1H3,(H2,12,13,14,15);2-7H,1H3,(H,12,15)/b12-9-;11-8-;10-7-;2*9-6-;9-7-. The van der Waals surface area contributed by atoms with Crippen LogP contribution in [0, 0.1) is 20.8 Å². The van der Waals surface area contributed by atoms with Gasteiger partial charge in [0.2, 0.25) is 0 Å². The van der Waals surface area contributed by atoms with Crippen molar-refractivity contribution in [2.75, 3.05) is 21.1 Å². The van der Waals surface area contributed by atoms with E-state index < -0.39 is 18.1 Å². The highest BCUT2D eigenvalue weighted by molar-refractivity contribution is 6.17. The molecule has 0 radical (unpaired) electrons. The highest BCUT2D eigenvalue weighted by Crippen LogP contribution is 2.25. The Balaban J connectivity index is 0.000000166. The summed E-state index contributed by atoms with van der Waals surface area (Å²) in [5, 5.41) is 21.4. The van der Waals surface area contributed by atoms with Crippen LogP contribution < -0.4 is 47.9 Å². The van der Waals surface area contributed by atoms with Crippen LogP contribution in [0.5, 0.6) is 0 Å². The molecule has 6 aliphatic rings. The second-order valence-electron chi connectivity index (χ2n) is 24.8. The molecule has 6 fully saturated rings. The molecule has 0 spiro atoms. The molecule has 504 valence electrons. The Morgan fingerprint density at radius 3 is 0.939 bits per heavy atom. The Bertz CT molecular complexity index is 4340. The van der Waals surface area contributed by atoms with Gasteiger partial charge in [0, 0.05) is 21.1 Å². The maximum atomic E-state index is 11.7. The van der Waals surface area contributed by atoms with E-state index in [-0.39, 0.29) is 81.5 Å². The Kier molecular flexibility index (Phi) is 23.8. The van der Waals surface area contributed by atoms with Crippen molar-refractivity contribution in [1.29, 1.82) is 0 Å². The van der Waals surface area contributed by atoms with Crippen molar-refractivity contribution in [2.45, 2.75) is 73.1 Å². The number of nitrogens with zero attached hydrogens (tertiary/aromatic N) is 3. The van der Waals surface area contributed by atoms with Gasteiger partial charge in [0.25, 0.3) is 35.4 Å². The zero-order valence-electron chi connectivity index (χ0n) is 56.1. The zero-order chi connectivity index (χ0) is 71.8. The van der Waals surface area contributed by atoms with Crippen LogP contribution in [0.25, 0.3) is 36.5 Å². The molecule has 18 amide bonds. The summed E-state index contributed by atoms with van der Waals surface area (Å²) in [4.78, 5) is 138. The van der Waals surface area contributed by atoms with Crippen LogP contribution in [-0.4, -0.2) is 107 Å². The van der Waals surface area contributed by atoms with E-state index in [1.54, 1.807) is 36.5 Å². The number of carbonyl (C=O) groups excluding carboxylic acids is 12. The Morgan fingerprint density at radius 1 is 0.296 bits per heavy atom. The fourth-order valence-electron chi connectivity index (χ4n) is 9.19. The summed E-state index contributed by atoms with van der Waals surface area (Å²) in [6.07, 6.45) is 9.98. The minimum Gasteiger partial charge on any atom is -0.303 e. The van der Waals surface area contributed by atoms with E-state index in [4.69, 9.17) is 0 Å². The van der Waals surface area contributed by atoms with Gasteiger partial charge in [0.1, 0.15) is 34.2 Å². The van der Waals surface area contributed by atoms with E-state index in [0.717, 1.165) is 64.8 Å². The second-order valence-corrected chi connectivity index (χ2v) is 24.8. The largest absolute Gasteiger partial charge is 0.328 e. The lowest BCUT2D eigenvalue weighted by Crippen LogP contribution is -2.25. The Labute approximate surface area is 567 Å². The second kappa shape index (κ2) is 32.0. The van der Waals surface area contributed by atoms with Gasteiger partial charge in [-0.3, -0.25) is 59.4 Å². The molecule has 0 aliphatic carbocycles. The van der Waals surface area contributed by atoms with Crippen molar-refractivity contribution in [3.8, 4) is 0 Å². The molecule has 0 unspecified atom stereocenters. The highest BCUT2D eigenvalue weighted by Gasteiger charge is 2.32. The number of carbonyl (C=O) groups is 12. The number of hydrogen-bond donors (Lipinski definition) is 9. The Hall–Kier alpha value is -12.6. The van der Waals surface area contributed by atoms with Crippen LogP contribution in [0.15, 0.2) is 186 Å². The molecule has 6 aromatic rings. The molecule has 6 aromatic carbocycles. The molecule has 12 rings (SSSR count). The maximum Gasteiger partial charge on any atom is 0.328 e. The number of benzene rings is 6. The number of rotatable bonds is 6. The van der Waals surface area contributed by atoms with E-state index in [0.29, 0.717) is 17.1 Å². The maximum absolute atomic E-state index is 11.7. The number of urea groups is 6. The van der Waals surface area contributed by atoms with Gasteiger partial charge >= 0.3 is 36.2 Å². The molecule has 0 saturated carbocycles. The van der Waals surface area contributed by atoms with Gasteiger partial charge in [-0.15, -0.1) is 0 Å². The molecule has 24 nitrogen and oxygen atoms in total. The average Bonchev–Trinajstić information content (AvgIpc) is 1.65. The zero-order valence-corrected chi connectivity index (χ0v) is 56.1. The predicted octanol–water partition coefficient (Wildman–Crippen LogP) is 9.75. The molecule has 0 atom stereocenters. The predicted molar refractivity (Wildman–Crippen MR) is 372 cm³/mol. The van der Waals surface area contributed by atoms with Gasteiger partial charge < -0.3 is 31.9 Å². The van der Waals surface area contributed by atoms with Gasteiger partial charge in [0.05, 0.1) is 0 Å². The molecule has 9 N–H and O–H groups in total. The van der Waals surface area contributed by atoms with Crippen molar-refractivity contribution >= 4 is 108 Å². The van der Waals surface area contributed by atoms with Crippen molar-refractivity contribution in [1.82, 2.24) is 62.6 Å². The lowest BCUT2D eigenvalue weighted by molar-refractivity contribution is -0.122. The van der Waals surface area contributed by atoms with Crippen molar-refractivity contribution < 1.29 is 57.5 Å². The van der Waals surface area contributed by atoms with E-state index in [1.165, 1.54) is 32.3 Å². The fourth-order valence-corrected chi connectivity index (χ4v) is 9.19. The number of nitrogens with one attached hydrogen (secondary N) is 9. The molecular weight excluding hydrogens is 1250 g/mol. The van der Waals surface area contributed by atoms with Crippen LogP contribution in [-0.2, 0) is 39.6 Å². The summed E-state index contributed by atoms with van der Waals surface area (Å²) in [6.45, 7) is 18.8. The topological polar surface area (TPSA) is 323 Å². The lowest BCUT2D eigenvalue weighted by atomic mass is 9.86. The van der Waals surface area contributed by atoms with E-state index in [2.05, 4.69) is 89.4 Å². The molecule has 24 heteroatoms. The van der Waals surface area contributed by atoms with Crippen LogP contribution in [0.1, 0.15) is 103 Å². The van der Waals surface area contributed by atoms with Crippen LogP contribution in [0.4, 0.5) is 28.8 Å². The van der Waals surface area contributed by atoms with Gasteiger partial charge in [-0.2, -0.15) is 0 Å². The number of aryl methyl sites for hydroxylation is 3. The summed E-state index contributed by atoms with van der Waals surface area (Å²) in [5.41, 5.74) is 13.1. The van der Waals surface area contributed by atoms with E-state index >= 15 is 0 Å². The first kappa shape index (κ1) is 72.8. The van der Waals surface area contributed by atoms with Crippen molar-refractivity contribution in [2.24, 2.45) is 0 Å². The smallest absolute Gasteiger partial charge is 0.303 e. The van der Waals surface area contributed by atoms with Crippen molar-refractivity contribution in [3.05, 3.63) is 247 Å². The van der Waals surface area contributed by atoms with Crippen LogP contribution in [0.2, 0.25) is 0 Å². The SMILES string of the molecule is CC(C)(C)c1ccc(/C=C2\NC(=O)NC2=O)cc1.CN1C(=O)N/C(=C\c2ccc(C(C)(C)C)cc2)C1=O.CN1C(=O)N/C(=C\c2ccccc2)C1=O.Cc1ccc(/C=C2\NC(=O)N(C)C2=O)cc1.Cc1cccc(/C=C2\NC(=O)NC2=O)c1.Cc1ccccc1/C=C1\NC(=O)NC1=O. The van der Waals surface area contributed by atoms with E-state index in [1.807, 2.05) is 172 Å². The Morgan fingerprint density at radius 2 is 0.612 bits per heavy atom. The average molecular weight is 1330 g/mol. The van der Waals surface area contributed by atoms with Crippen LogP contribution >= 0.6 is 0 Å². The molecule has 98 heavy (non-hydrogen) atoms. The van der Waals surface area contributed by atoms with Crippen molar-refractivity contribution in [3.63, 3.8) is 0 Å². The van der Waals surface area contributed by atoms with E-state index in [9.17, 15) is 57.5 Å². The summed E-state index contributed by atoms with van der Waals surface area (Å²) >= 11 is 0. The molecule has 6 aliphatic heterocycles. The minimum atomic E-state index is -0.474. The normalized spacial score (nSPS) is 18.0. The molecule has 0 aromatic heterocycles. The number of likely N-dealkylation sites (N-methyl/N-ethyl adjacent to an activating group) is 3. The summed E-state index contributed by atoms with van der Waals surface area (Å²) in [6, 6.07) is 45.7. The lowest BCUT2D eigenvalue weighted by Gasteiger charge is -2.18.